The van der Waals surface area contributed by atoms with Gasteiger partial charge in [0.2, 0.25) is 0 Å². The fourth-order valence-electron chi connectivity index (χ4n) is 0.285. The zero-order valence-corrected chi connectivity index (χ0v) is 6.13. The number of nitrogens with two attached hydrogens (primary N) is 1. The highest BCUT2D eigenvalue weighted by Crippen LogP contribution is 1.91. The van der Waals surface area contributed by atoms with Gasteiger partial charge in [0.1, 0.15) is 0 Å². The first-order valence-corrected chi connectivity index (χ1v) is 3.84. The van der Waals surface area contributed by atoms with Gasteiger partial charge >= 0.3 is 10.3 Å². The number of hydrogen-bond donors (Lipinski definition) is 2. The second kappa shape index (κ2) is 2.95. The largest absolute Gasteiger partial charge is 0.376 e. The van der Waals surface area contributed by atoms with Crippen LogP contribution in [-0.4, -0.2) is 23.3 Å². The van der Waals surface area contributed by atoms with E-state index in [0.29, 0.717) is 0 Å². The molecule has 0 aliphatic rings. The molecule has 0 aromatic heterocycles. The molecule has 0 heterocycles. The predicted molar refractivity (Wildman–Crippen MR) is 32.9 cm³/mol. The van der Waals surface area contributed by atoms with Gasteiger partial charge in [0.05, 0.1) is 0 Å². The molecule has 6 nitrogen and oxygen atoms in total. The number of nitrogens with zero attached hydrogens (tertiary/aromatic N) is 1. The first kappa shape index (κ1) is 9.34. The standard InChI is InChI=1S/C3H8N2O4S/c1-2-3(6)5(4)10(7,8)9/h2,4H2,1H3,(H,7,8,9). The van der Waals surface area contributed by atoms with Crippen molar-refractivity contribution >= 4 is 16.2 Å². The van der Waals surface area contributed by atoms with Crippen LogP contribution in [0.15, 0.2) is 0 Å². The van der Waals surface area contributed by atoms with E-state index in [4.69, 9.17) is 4.55 Å². The van der Waals surface area contributed by atoms with Crippen molar-refractivity contribution in [2.24, 2.45) is 5.84 Å². The highest BCUT2D eigenvalue weighted by atomic mass is 32.2. The lowest BCUT2D eigenvalue weighted by molar-refractivity contribution is -0.126. The summed E-state index contributed by atoms with van der Waals surface area (Å²) in [6.07, 6.45) is -0.0731. The summed E-state index contributed by atoms with van der Waals surface area (Å²) in [6.45, 7) is 1.42. The number of carbonyl (C=O) groups excluding carboxylic acids is 1. The maximum Gasteiger partial charge on any atom is 0.376 e. The van der Waals surface area contributed by atoms with Crippen LogP contribution in [0, 0.1) is 0 Å². The third kappa shape index (κ3) is 2.29. The van der Waals surface area contributed by atoms with E-state index in [0.717, 1.165) is 0 Å². The van der Waals surface area contributed by atoms with E-state index >= 15 is 0 Å². The van der Waals surface area contributed by atoms with Crippen molar-refractivity contribution in [1.29, 1.82) is 0 Å². The van der Waals surface area contributed by atoms with E-state index in [1.807, 2.05) is 0 Å². The zero-order valence-electron chi connectivity index (χ0n) is 5.31. The Balaban J connectivity index is 4.39. The summed E-state index contributed by atoms with van der Waals surface area (Å²) in [5, 5.41) is 0. The summed E-state index contributed by atoms with van der Waals surface area (Å²) in [5.41, 5.74) is 0. The van der Waals surface area contributed by atoms with Gasteiger partial charge in [-0.15, -0.1) is 4.41 Å². The summed E-state index contributed by atoms with van der Waals surface area (Å²) >= 11 is 0. The Bertz CT molecular complexity index is 221. The molecule has 60 valence electrons. The van der Waals surface area contributed by atoms with E-state index in [9.17, 15) is 13.2 Å². The van der Waals surface area contributed by atoms with Crippen LogP contribution in [0.5, 0.6) is 0 Å². The van der Waals surface area contributed by atoms with Gasteiger partial charge in [0.15, 0.2) is 0 Å². The Labute approximate surface area is 58.5 Å². The predicted octanol–water partition coefficient (Wildman–Crippen LogP) is -1.10. The maximum absolute atomic E-state index is 10.4. The number of hydrazine groups is 1. The van der Waals surface area contributed by atoms with E-state index in [2.05, 4.69) is 5.84 Å². The molecule has 0 aromatic rings. The summed E-state index contributed by atoms with van der Waals surface area (Å²) in [4.78, 5) is 10.4. The normalized spacial score (nSPS) is 11.1. The molecule has 0 rings (SSSR count). The van der Waals surface area contributed by atoms with Gasteiger partial charge in [-0.25, -0.2) is 5.84 Å². The molecule has 0 atom stereocenters. The SMILES string of the molecule is CCC(=O)N(N)S(=O)(=O)O. The minimum Gasteiger partial charge on any atom is -0.272 e. The van der Waals surface area contributed by atoms with Crippen LogP contribution in [0.1, 0.15) is 13.3 Å². The number of amides is 1. The lowest BCUT2D eigenvalue weighted by Crippen LogP contribution is -2.41. The van der Waals surface area contributed by atoms with Crippen molar-refractivity contribution < 1.29 is 17.8 Å². The monoisotopic (exact) mass is 168 g/mol. The van der Waals surface area contributed by atoms with E-state index in [1.54, 1.807) is 0 Å². The Morgan fingerprint density at radius 1 is 1.70 bits per heavy atom. The first-order valence-electron chi connectivity index (χ1n) is 2.45. The molecule has 3 N–H and O–H groups in total. The molecular weight excluding hydrogens is 160 g/mol. The van der Waals surface area contributed by atoms with Gasteiger partial charge in [0, 0.05) is 6.42 Å². The highest BCUT2D eigenvalue weighted by Gasteiger charge is 2.18. The summed E-state index contributed by atoms with van der Waals surface area (Å²) in [7, 11) is -4.55. The van der Waals surface area contributed by atoms with Gasteiger partial charge in [-0.1, -0.05) is 6.92 Å². The van der Waals surface area contributed by atoms with Crippen molar-refractivity contribution in [3.63, 3.8) is 0 Å². The molecule has 0 radical (unpaired) electrons. The van der Waals surface area contributed by atoms with Crippen molar-refractivity contribution in [2.45, 2.75) is 13.3 Å². The van der Waals surface area contributed by atoms with Gasteiger partial charge in [-0.3, -0.25) is 9.35 Å². The molecule has 1 amide bonds. The van der Waals surface area contributed by atoms with Crippen LogP contribution in [-0.2, 0) is 15.1 Å². The zero-order chi connectivity index (χ0) is 8.36. The van der Waals surface area contributed by atoms with E-state index < -0.39 is 16.2 Å². The molecule has 0 fully saturated rings. The van der Waals surface area contributed by atoms with Crippen LogP contribution < -0.4 is 5.84 Å². The minimum absolute atomic E-state index is 0.0731. The van der Waals surface area contributed by atoms with Crippen LogP contribution >= 0.6 is 0 Å². The molecule has 0 aromatic carbocycles. The van der Waals surface area contributed by atoms with Crippen LogP contribution in [0.3, 0.4) is 0 Å². The fraction of sp³-hybridized carbons (Fsp3) is 0.667. The molecule has 0 spiro atoms. The molecule has 10 heavy (non-hydrogen) atoms. The van der Waals surface area contributed by atoms with Gasteiger partial charge < -0.3 is 0 Å². The van der Waals surface area contributed by atoms with E-state index in [1.165, 1.54) is 6.92 Å². The fourth-order valence-corrected chi connectivity index (χ4v) is 0.671. The molecule has 0 aliphatic carbocycles. The second-order valence-corrected chi connectivity index (χ2v) is 2.81. The quantitative estimate of drug-likeness (QED) is 0.236. The van der Waals surface area contributed by atoms with Crippen LogP contribution in [0.25, 0.3) is 0 Å². The highest BCUT2D eigenvalue weighted by molar-refractivity contribution is 7.83. The average molecular weight is 168 g/mol. The summed E-state index contributed by atoms with van der Waals surface area (Å²) < 4.78 is 28.1. The van der Waals surface area contributed by atoms with Gasteiger partial charge in [-0.05, 0) is 0 Å². The van der Waals surface area contributed by atoms with Crippen molar-refractivity contribution in [1.82, 2.24) is 4.41 Å². The number of rotatable bonds is 2. The molecule has 7 heteroatoms. The first-order chi connectivity index (χ1) is 4.39. The number of hydrogen-bond acceptors (Lipinski definition) is 4. The van der Waals surface area contributed by atoms with E-state index in [-0.39, 0.29) is 10.8 Å². The van der Waals surface area contributed by atoms with Crippen LogP contribution in [0.4, 0.5) is 0 Å². The molecule has 0 saturated heterocycles. The minimum atomic E-state index is -4.55. The topological polar surface area (TPSA) is 101 Å². The van der Waals surface area contributed by atoms with Crippen molar-refractivity contribution in [3.8, 4) is 0 Å². The average Bonchev–Trinajstić information content (AvgIpc) is 1.83. The van der Waals surface area contributed by atoms with Gasteiger partial charge in [-0.2, -0.15) is 8.42 Å². The Morgan fingerprint density at radius 3 is 2.20 bits per heavy atom. The third-order valence-corrected chi connectivity index (χ3v) is 1.50. The molecule has 0 aliphatic heterocycles. The molecular formula is C3H8N2O4S. The summed E-state index contributed by atoms with van der Waals surface area (Å²) in [5.74, 6) is 3.79. The smallest absolute Gasteiger partial charge is 0.272 e. The summed E-state index contributed by atoms with van der Waals surface area (Å²) in [6, 6.07) is 0. The van der Waals surface area contributed by atoms with Crippen molar-refractivity contribution in [2.75, 3.05) is 0 Å². The maximum atomic E-state index is 10.4. The second-order valence-electron chi connectivity index (χ2n) is 1.52. The third-order valence-electron chi connectivity index (χ3n) is 0.797. The van der Waals surface area contributed by atoms with Crippen LogP contribution in [0.2, 0.25) is 0 Å². The molecule has 0 bridgehead atoms. The molecule has 0 unspecified atom stereocenters. The Kier molecular flexibility index (Phi) is 2.76. The lowest BCUT2D eigenvalue weighted by atomic mass is 10.5. The van der Waals surface area contributed by atoms with Gasteiger partial charge in [0.25, 0.3) is 5.91 Å². The molecule has 0 saturated carbocycles. The lowest BCUT2D eigenvalue weighted by Gasteiger charge is -2.09. The Hall–Kier alpha value is -0.660. The number of carbonyl (C=O) groups is 1. The van der Waals surface area contributed by atoms with Crippen molar-refractivity contribution in [3.05, 3.63) is 0 Å². The Morgan fingerprint density at radius 2 is 2.10 bits per heavy atom.